The van der Waals surface area contributed by atoms with Crippen molar-refractivity contribution in [3.63, 3.8) is 0 Å². The van der Waals surface area contributed by atoms with E-state index in [0.717, 1.165) is 11.8 Å². The highest BCUT2D eigenvalue weighted by Gasteiger charge is 2.33. The Bertz CT molecular complexity index is 1050. The fourth-order valence-corrected chi connectivity index (χ4v) is 4.31. The van der Waals surface area contributed by atoms with Gasteiger partial charge in [0.1, 0.15) is 10.9 Å². The van der Waals surface area contributed by atoms with Crippen LogP contribution in [0.5, 0.6) is 17.2 Å². The second kappa shape index (κ2) is 10.0. The van der Waals surface area contributed by atoms with Gasteiger partial charge in [0.25, 0.3) is 5.91 Å². The quantitative estimate of drug-likeness (QED) is 0.472. The van der Waals surface area contributed by atoms with Crippen molar-refractivity contribution >= 4 is 63.5 Å². The predicted octanol–water partition coefficient (Wildman–Crippen LogP) is 4.21. The second-order valence-corrected chi connectivity index (χ2v) is 8.34. The lowest BCUT2D eigenvalue weighted by molar-refractivity contribution is -0.126. The van der Waals surface area contributed by atoms with Crippen molar-refractivity contribution < 1.29 is 23.8 Å². The normalized spacial score (nSPS) is 14.7. The molecular weight excluding hydrogens is 460 g/mol. The van der Waals surface area contributed by atoms with E-state index >= 15 is 0 Å². The Morgan fingerprint density at radius 1 is 1.16 bits per heavy atom. The number of amides is 2. The van der Waals surface area contributed by atoms with Gasteiger partial charge in [-0.25, -0.2) is 0 Å². The minimum atomic E-state index is -0.404. The summed E-state index contributed by atoms with van der Waals surface area (Å²) in [6.07, 6.45) is 1.66. The lowest BCUT2D eigenvalue weighted by atomic mass is 10.1. The smallest absolute Gasteiger partial charge is 0.266 e. The van der Waals surface area contributed by atoms with Crippen LogP contribution in [0.15, 0.2) is 41.3 Å². The lowest BCUT2D eigenvalue weighted by Crippen LogP contribution is -2.36. The Labute approximate surface area is 194 Å². The SMILES string of the molecule is COc1cc(/C=C2/SC(=S)N(CC(=O)Nc3ccccc3Cl)C2=O)cc(OC)c1OC. The Balaban J connectivity index is 1.79. The van der Waals surface area contributed by atoms with Crippen molar-refractivity contribution in [2.24, 2.45) is 0 Å². The molecule has 31 heavy (non-hydrogen) atoms. The lowest BCUT2D eigenvalue weighted by Gasteiger charge is -2.14. The molecule has 0 saturated carbocycles. The molecule has 1 saturated heterocycles. The third-order valence-electron chi connectivity index (χ3n) is 4.31. The van der Waals surface area contributed by atoms with Crippen LogP contribution in [0.25, 0.3) is 6.08 Å². The van der Waals surface area contributed by atoms with Crippen molar-refractivity contribution in [1.29, 1.82) is 0 Å². The number of nitrogens with one attached hydrogen (secondary N) is 1. The highest BCUT2D eigenvalue weighted by Crippen LogP contribution is 2.40. The maximum Gasteiger partial charge on any atom is 0.266 e. The van der Waals surface area contributed by atoms with Gasteiger partial charge in [-0.1, -0.05) is 47.7 Å². The molecule has 0 atom stereocenters. The molecule has 0 radical (unpaired) electrons. The molecule has 3 rings (SSSR count). The standard InChI is InChI=1S/C21H19ClN2O5S2/c1-27-15-8-12(9-16(28-2)19(15)29-3)10-17-20(26)24(21(30)31-17)11-18(25)23-14-7-5-4-6-13(14)22/h4-10H,11H2,1-3H3,(H,23,25)/b17-10+. The summed E-state index contributed by atoms with van der Waals surface area (Å²) in [5.74, 6) is 0.604. The number of anilines is 1. The zero-order chi connectivity index (χ0) is 22.5. The molecular formula is C21H19ClN2O5S2. The molecule has 1 aliphatic rings. The first kappa shape index (κ1) is 22.9. The molecule has 1 N–H and O–H groups in total. The van der Waals surface area contributed by atoms with Crippen molar-refractivity contribution in [3.8, 4) is 17.2 Å². The van der Waals surface area contributed by atoms with Crippen LogP contribution in [0.4, 0.5) is 5.69 Å². The van der Waals surface area contributed by atoms with Crippen molar-refractivity contribution in [2.45, 2.75) is 0 Å². The van der Waals surface area contributed by atoms with E-state index in [2.05, 4.69) is 5.32 Å². The summed E-state index contributed by atoms with van der Waals surface area (Å²) >= 11 is 12.5. The van der Waals surface area contributed by atoms with Gasteiger partial charge in [-0.15, -0.1) is 0 Å². The summed E-state index contributed by atoms with van der Waals surface area (Å²) in [4.78, 5) is 26.9. The van der Waals surface area contributed by atoms with Gasteiger partial charge in [-0.3, -0.25) is 14.5 Å². The number of carbonyl (C=O) groups excluding carboxylic acids is 2. The monoisotopic (exact) mass is 478 g/mol. The first-order valence-electron chi connectivity index (χ1n) is 8.97. The Kier molecular flexibility index (Phi) is 7.42. The second-order valence-electron chi connectivity index (χ2n) is 6.25. The van der Waals surface area contributed by atoms with Crippen molar-refractivity contribution in [3.05, 3.63) is 51.9 Å². The number of methoxy groups -OCH3 is 3. The Morgan fingerprint density at radius 3 is 2.39 bits per heavy atom. The zero-order valence-electron chi connectivity index (χ0n) is 16.9. The number of thioether (sulfide) groups is 1. The van der Waals surface area contributed by atoms with Gasteiger partial charge in [-0.2, -0.15) is 0 Å². The van der Waals surface area contributed by atoms with E-state index in [1.165, 1.54) is 26.2 Å². The van der Waals surface area contributed by atoms with Crippen LogP contribution in [0.2, 0.25) is 5.02 Å². The summed E-state index contributed by atoms with van der Waals surface area (Å²) in [5, 5.41) is 3.09. The molecule has 0 aromatic heterocycles. The molecule has 1 fully saturated rings. The number of carbonyl (C=O) groups is 2. The van der Waals surface area contributed by atoms with Gasteiger partial charge in [0.05, 0.1) is 36.9 Å². The maximum atomic E-state index is 12.9. The van der Waals surface area contributed by atoms with Crippen LogP contribution < -0.4 is 19.5 Å². The van der Waals surface area contributed by atoms with Crippen molar-refractivity contribution in [1.82, 2.24) is 4.90 Å². The summed E-state index contributed by atoms with van der Waals surface area (Å²) < 4.78 is 16.3. The fourth-order valence-electron chi connectivity index (χ4n) is 2.87. The first-order chi connectivity index (χ1) is 14.9. The van der Waals surface area contributed by atoms with E-state index in [0.29, 0.717) is 38.4 Å². The molecule has 7 nitrogen and oxygen atoms in total. The molecule has 0 aliphatic carbocycles. The third kappa shape index (κ3) is 5.12. The molecule has 162 valence electrons. The van der Waals surface area contributed by atoms with Gasteiger partial charge in [0.2, 0.25) is 11.7 Å². The number of ether oxygens (including phenoxy) is 3. The number of para-hydroxylation sites is 1. The number of nitrogens with zero attached hydrogens (tertiary/aromatic N) is 1. The summed E-state index contributed by atoms with van der Waals surface area (Å²) in [6.45, 7) is -0.220. The van der Waals surface area contributed by atoms with E-state index in [1.807, 2.05) is 0 Å². The Morgan fingerprint density at radius 2 is 1.81 bits per heavy atom. The fraction of sp³-hybridized carbons (Fsp3) is 0.190. The number of thiocarbonyl (C=S) groups is 1. The largest absolute Gasteiger partial charge is 0.493 e. The average molecular weight is 479 g/mol. The number of rotatable bonds is 7. The van der Waals surface area contributed by atoms with E-state index in [1.54, 1.807) is 42.5 Å². The molecule has 2 aromatic carbocycles. The molecule has 1 aliphatic heterocycles. The molecule has 2 amide bonds. The average Bonchev–Trinajstić information content (AvgIpc) is 3.01. The number of halogens is 1. The Hall–Kier alpha value is -2.75. The highest BCUT2D eigenvalue weighted by atomic mass is 35.5. The van der Waals surface area contributed by atoms with Crippen LogP contribution >= 0.6 is 35.6 Å². The van der Waals surface area contributed by atoms with Gasteiger partial charge in [0, 0.05) is 0 Å². The molecule has 0 bridgehead atoms. The highest BCUT2D eigenvalue weighted by molar-refractivity contribution is 8.26. The minimum absolute atomic E-state index is 0.220. The predicted molar refractivity (Wildman–Crippen MR) is 126 cm³/mol. The number of hydrogen-bond acceptors (Lipinski definition) is 7. The van der Waals surface area contributed by atoms with Crippen LogP contribution in [0.3, 0.4) is 0 Å². The topological polar surface area (TPSA) is 77.1 Å². The minimum Gasteiger partial charge on any atom is -0.493 e. The summed E-state index contributed by atoms with van der Waals surface area (Å²) in [7, 11) is 4.54. The first-order valence-corrected chi connectivity index (χ1v) is 10.6. The molecule has 1 heterocycles. The van der Waals surface area contributed by atoms with E-state index in [9.17, 15) is 9.59 Å². The molecule has 10 heteroatoms. The van der Waals surface area contributed by atoms with Crippen molar-refractivity contribution in [2.75, 3.05) is 33.2 Å². The van der Waals surface area contributed by atoms with Gasteiger partial charge >= 0.3 is 0 Å². The van der Waals surface area contributed by atoms with Gasteiger partial charge in [-0.05, 0) is 35.9 Å². The third-order valence-corrected chi connectivity index (χ3v) is 6.02. The summed E-state index contributed by atoms with van der Waals surface area (Å²) in [5.41, 5.74) is 1.13. The van der Waals surface area contributed by atoms with Gasteiger partial charge < -0.3 is 19.5 Å². The number of benzene rings is 2. The molecule has 2 aromatic rings. The van der Waals surface area contributed by atoms with Crippen LogP contribution in [-0.4, -0.2) is 48.9 Å². The number of hydrogen-bond donors (Lipinski definition) is 1. The van der Waals surface area contributed by atoms with Crippen LogP contribution in [-0.2, 0) is 9.59 Å². The maximum absolute atomic E-state index is 12.9. The van der Waals surface area contributed by atoms with Crippen LogP contribution in [0.1, 0.15) is 5.56 Å². The van der Waals surface area contributed by atoms with Crippen LogP contribution in [0, 0.1) is 0 Å². The van der Waals surface area contributed by atoms with E-state index in [4.69, 9.17) is 38.0 Å². The van der Waals surface area contributed by atoms with E-state index in [-0.39, 0.29) is 16.8 Å². The van der Waals surface area contributed by atoms with E-state index < -0.39 is 5.91 Å². The summed E-state index contributed by atoms with van der Waals surface area (Å²) in [6, 6.07) is 10.3. The molecule has 0 unspecified atom stereocenters. The van der Waals surface area contributed by atoms with Gasteiger partial charge in [0.15, 0.2) is 11.5 Å². The zero-order valence-corrected chi connectivity index (χ0v) is 19.3. The molecule has 0 spiro atoms.